The summed E-state index contributed by atoms with van der Waals surface area (Å²) in [5.41, 5.74) is 13.3. The highest BCUT2D eigenvalue weighted by Gasteiger charge is 2.34. The average Bonchev–Trinajstić information content (AvgIpc) is 3.37. The molecule has 2 aromatic carbocycles. The lowest BCUT2D eigenvalue weighted by Gasteiger charge is -2.38. The molecule has 0 unspecified atom stereocenters. The van der Waals surface area contributed by atoms with Crippen molar-refractivity contribution in [3.05, 3.63) is 97.0 Å². The molecule has 6 aromatic rings. The van der Waals surface area contributed by atoms with Crippen LogP contribution in [0.15, 0.2) is 91.4 Å². The Morgan fingerprint density at radius 2 is 1.58 bits per heavy atom. The van der Waals surface area contributed by atoms with Gasteiger partial charge in [0.05, 0.1) is 11.2 Å². The van der Waals surface area contributed by atoms with Gasteiger partial charge in [0.2, 0.25) is 5.82 Å². The van der Waals surface area contributed by atoms with Crippen LogP contribution in [0.2, 0.25) is 0 Å². The molecule has 1 saturated carbocycles. The molecule has 0 bridgehead atoms. The van der Waals surface area contributed by atoms with E-state index in [1.807, 2.05) is 34.9 Å². The van der Waals surface area contributed by atoms with Gasteiger partial charge in [-0.2, -0.15) is 0 Å². The monoisotopic (exact) mass is 469 g/mol. The molecule has 36 heavy (non-hydrogen) atoms. The summed E-state index contributed by atoms with van der Waals surface area (Å²) < 4.78 is 1.92. The van der Waals surface area contributed by atoms with E-state index < -0.39 is 0 Å². The highest BCUT2D eigenvalue weighted by atomic mass is 15.3. The minimum Gasteiger partial charge on any atom is -0.321 e. The van der Waals surface area contributed by atoms with Crippen molar-refractivity contribution in [1.29, 1.82) is 0 Å². The number of pyridine rings is 2. The molecule has 1 fully saturated rings. The van der Waals surface area contributed by atoms with Crippen molar-refractivity contribution >= 4 is 16.6 Å². The molecule has 4 aromatic heterocycles. The molecule has 7 nitrogen and oxygen atoms in total. The molecule has 2 N–H and O–H groups in total. The SMILES string of the molecule is NC1(c2ccc(-c3nc4ccn5c(-c6ncccn6)nnc5c4cc3-c3ccccc3)cc2)CCC1. The molecule has 0 saturated heterocycles. The lowest BCUT2D eigenvalue weighted by Crippen LogP contribution is -2.43. The Labute approximate surface area is 207 Å². The number of fused-ring (bicyclic) bond motifs is 3. The Morgan fingerprint density at radius 3 is 2.31 bits per heavy atom. The van der Waals surface area contributed by atoms with E-state index in [1.54, 1.807) is 18.5 Å². The Bertz CT molecular complexity index is 1700. The van der Waals surface area contributed by atoms with E-state index in [2.05, 4.69) is 62.6 Å². The van der Waals surface area contributed by atoms with Gasteiger partial charge in [0.15, 0.2) is 11.5 Å². The zero-order valence-corrected chi connectivity index (χ0v) is 19.5. The van der Waals surface area contributed by atoms with E-state index in [-0.39, 0.29) is 5.54 Å². The summed E-state index contributed by atoms with van der Waals surface area (Å²) in [6.45, 7) is 0. The lowest BCUT2D eigenvalue weighted by atomic mass is 9.72. The zero-order valence-electron chi connectivity index (χ0n) is 19.5. The Balaban J connectivity index is 1.43. The number of aromatic nitrogens is 6. The summed E-state index contributed by atoms with van der Waals surface area (Å²) in [7, 11) is 0. The zero-order chi connectivity index (χ0) is 24.1. The first-order valence-electron chi connectivity index (χ1n) is 12.1. The largest absolute Gasteiger partial charge is 0.321 e. The van der Waals surface area contributed by atoms with Crippen molar-refractivity contribution < 1.29 is 0 Å². The number of rotatable bonds is 4. The van der Waals surface area contributed by atoms with E-state index in [0.29, 0.717) is 11.6 Å². The second-order valence-electron chi connectivity index (χ2n) is 9.38. The van der Waals surface area contributed by atoms with Gasteiger partial charge in [-0.1, -0.05) is 54.6 Å². The lowest BCUT2D eigenvalue weighted by molar-refractivity contribution is 0.253. The molecule has 174 valence electrons. The van der Waals surface area contributed by atoms with E-state index in [4.69, 9.17) is 10.7 Å². The third-order valence-electron chi connectivity index (χ3n) is 7.20. The molecule has 0 amide bonds. The average molecular weight is 470 g/mol. The van der Waals surface area contributed by atoms with Crippen LogP contribution in [0.1, 0.15) is 24.8 Å². The number of benzene rings is 2. The molecule has 0 spiro atoms. The minimum atomic E-state index is -0.183. The molecule has 7 rings (SSSR count). The van der Waals surface area contributed by atoms with Crippen LogP contribution < -0.4 is 5.73 Å². The van der Waals surface area contributed by atoms with E-state index in [9.17, 15) is 0 Å². The van der Waals surface area contributed by atoms with Crippen molar-refractivity contribution in [2.75, 3.05) is 0 Å². The van der Waals surface area contributed by atoms with Crippen LogP contribution in [0, 0.1) is 0 Å². The van der Waals surface area contributed by atoms with Crippen molar-refractivity contribution in [3.8, 4) is 34.0 Å². The van der Waals surface area contributed by atoms with Crippen LogP contribution in [-0.4, -0.2) is 29.5 Å². The first-order valence-corrected chi connectivity index (χ1v) is 12.1. The second-order valence-corrected chi connectivity index (χ2v) is 9.38. The van der Waals surface area contributed by atoms with E-state index >= 15 is 0 Å². The van der Waals surface area contributed by atoms with Crippen LogP contribution in [0.3, 0.4) is 0 Å². The summed E-state index contributed by atoms with van der Waals surface area (Å²) in [4.78, 5) is 13.8. The Morgan fingerprint density at radius 1 is 0.806 bits per heavy atom. The maximum Gasteiger partial charge on any atom is 0.206 e. The van der Waals surface area contributed by atoms with Gasteiger partial charge in [-0.05, 0) is 48.6 Å². The molecule has 1 aliphatic carbocycles. The van der Waals surface area contributed by atoms with Crippen LogP contribution in [0.25, 0.3) is 50.6 Å². The summed E-state index contributed by atoms with van der Waals surface area (Å²) in [6, 6.07) is 24.9. The van der Waals surface area contributed by atoms with E-state index in [0.717, 1.165) is 51.8 Å². The van der Waals surface area contributed by atoms with Gasteiger partial charge in [-0.25, -0.2) is 15.0 Å². The third kappa shape index (κ3) is 3.28. The predicted molar refractivity (Wildman–Crippen MR) is 140 cm³/mol. The number of hydrogen-bond acceptors (Lipinski definition) is 6. The predicted octanol–water partition coefficient (Wildman–Crippen LogP) is 5.41. The third-order valence-corrected chi connectivity index (χ3v) is 7.20. The van der Waals surface area contributed by atoms with E-state index in [1.165, 1.54) is 12.0 Å². The molecular weight excluding hydrogens is 446 g/mol. The van der Waals surface area contributed by atoms with Crippen molar-refractivity contribution in [2.45, 2.75) is 24.8 Å². The van der Waals surface area contributed by atoms with Gasteiger partial charge in [-0.15, -0.1) is 10.2 Å². The fraction of sp³-hybridized carbons (Fsp3) is 0.138. The summed E-state index contributed by atoms with van der Waals surface area (Å²) in [5.74, 6) is 1.13. The molecule has 1 aliphatic rings. The second kappa shape index (κ2) is 8.03. The molecule has 0 radical (unpaired) electrons. The quantitative estimate of drug-likeness (QED) is 0.371. The number of nitrogens with zero attached hydrogens (tertiary/aromatic N) is 6. The molecule has 0 aliphatic heterocycles. The van der Waals surface area contributed by atoms with Gasteiger partial charge in [0.1, 0.15) is 0 Å². The summed E-state index contributed by atoms with van der Waals surface area (Å²) in [5, 5.41) is 9.81. The first kappa shape index (κ1) is 20.8. The molecule has 4 heterocycles. The molecule has 7 heteroatoms. The first-order chi connectivity index (χ1) is 17.7. The van der Waals surface area contributed by atoms with Crippen molar-refractivity contribution in [2.24, 2.45) is 5.73 Å². The Hall–Kier alpha value is -4.49. The minimum absolute atomic E-state index is 0.183. The summed E-state index contributed by atoms with van der Waals surface area (Å²) >= 11 is 0. The number of nitrogens with two attached hydrogens (primary N) is 1. The van der Waals surface area contributed by atoms with Crippen molar-refractivity contribution in [3.63, 3.8) is 0 Å². The van der Waals surface area contributed by atoms with Gasteiger partial charge >= 0.3 is 0 Å². The fourth-order valence-corrected chi connectivity index (χ4v) is 5.03. The highest BCUT2D eigenvalue weighted by Crippen LogP contribution is 2.40. The van der Waals surface area contributed by atoms with Crippen molar-refractivity contribution in [1.82, 2.24) is 29.5 Å². The topological polar surface area (TPSA) is 94.9 Å². The standard InChI is InChI=1S/C29H23N7/c30-29(13-4-14-29)21-10-8-20(9-11-21)25-22(19-6-2-1-3-7-19)18-23-24(33-25)12-17-36-27(23)34-35-28(36)26-31-15-5-16-32-26/h1-3,5-12,15-18H,4,13-14,30H2. The highest BCUT2D eigenvalue weighted by molar-refractivity contribution is 5.98. The maximum atomic E-state index is 6.57. The van der Waals surface area contributed by atoms with Crippen LogP contribution in [-0.2, 0) is 5.54 Å². The smallest absolute Gasteiger partial charge is 0.206 e. The van der Waals surface area contributed by atoms with Gasteiger partial charge in [0.25, 0.3) is 0 Å². The van der Waals surface area contributed by atoms with Gasteiger partial charge < -0.3 is 5.73 Å². The number of hydrogen-bond donors (Lipinski definition) is 1. The fourth-order valence-electron chi connectivity index (χ4n) is 5.03. The normalized spacial score (nSPS) is 14.7. The van der Waals surface area contributed by atoms with Crippen LogP contribution in [0.4, 0.5) is 0 Å². The van der Waals surface area contributed by atoms with Crippen LogP contribution in [0.5, 0.6) is 0 Å². The van der Waals surface area contributed by atoms with Gasteiger partial charge in [0, 0.05) is 40.6 Å². The van der Waals surface area contributed by atoms with Crippen LogP contribution >= 0.6 is 0 Å². The molecular formula is C29H23N7. The molecule has 0 atom stereocenters. The maximum absolute atomic E-state index is 6.57. The van der Waals surface area contributed by atoms with Gasteiger partial charge in [-0.3, -0.25) is 4.40 Å². The Kier molecular flexibility index (Phi) is 4.65. The summed E-state index contributed by atoms with van der Waals surface area (Å²) in [6.07, 6.45) is 8.61.